The Hall–Kier alpha value is -1.98. The Bertz CT molecular complexity index is 742. The molecule has 2 heterocycles. The van der Waals surface area contributed by atoms with Crippen molar-refractivity contribution in [3.63, 3.8) is 0 Å². The quantitative estimate of drug-likeness (QED) is 0.722. The van der Waals surface area contributed by atoms with Gasteiger partial charge >= 0.3 is 0 Å². The maximum Gasteiger partial charge on any atom is 0.220 e. The Morgan fingerprint density at radius 2 is 1.96 bits per heavy atom. The molecule has 1 aromatic heterocycles. The van der Waals surface area contributed by atoms with E-state index >= 15 is 0 Å². The first-order valence-corrected chi connectivity index (χ1v) is 10.2. The number of Topliss-reactive ketones (excluding diaryl/α,β-unsaturated/α-hetero) is 1. The smallest absolute Gasteiger partial charge is 0.220 e. The largest absolute Gasteiger partial charge is 0.355 e. The van der Waals surface area contributed by atoms with E-state index in [9.17, 15) is 9.59 Å². The van der Waals surface area contributed by atoms with Crippen LogP contribution in [0.1, 0.15) is 47.0 Å². The number of nitrogens with zero attached hydrogens (tertiary/aromatic N) is 1. The van der Waals surface area contributed by atoms with Gasteiger partial charge in [-0.15, -0.1) is 11.3 Å². The highest BCUT2D eigenvalue weighted by Crippen LogP contribution is 2.21. The van der Waals surface area contributed by atoms with Gasteiger partial charge in [-0.2, -0.15) is 0 Å². The first-order valence-electron chi connectivity index (χ1n) is 9.31. The van der Waals surface area contributed by atoms with Crippen molar-refractivity contribution in [3.8, 4) is 0 Å². The molecule has 4 nitrogen and oxygen atoms in total. The van der Waals surface area contributed by atoms with E-state index < -0.39 is 0 Å². The lowest BCUT2D eigenvalue weighted by molar-refractivity contribution is -0.121. The number of carbonyl (C=O) groups excluding carboxylic acids is 2. The van der Waals surface area contributed by atoms with Crippen LogP contribution in [0.15, 0.2) is 41.8 Å². The van der Waals surface area contributed by atoms with Crippen molar-refractivity contribution in [2.75, 3.05) is 13.1 Å². The van der Waals surface area contributed by atoms with Crippen molar-refractivity contribution in [1.82, 2.24) is 10.2 Å². The van der Waals surface area contributed by atoms with Crippen molar-refractivity contribution in [1.29, 1.82) is 0 Å². The Morgan fingerprint density at radius 1 is 1.15 bits per heavy atom. The van der Waals surface area contributed by atoms with Gasteiger partial charge in [-0.05, 0) is 35.4 Å². The van der Waals surface area contributed by atoms with Gasteiger partial charge in [0.05, 0.1) is 4.88 Å². The number of carbonyl (C=O) groups is 2. The highest BCUT2D eigenvalue weighted by atomic mass is 32.1. The summed E-state index contributed by atoms with van der Waals surface area (Å²) in [5.41, 5.74) is 2.83. The number of nitrogens with one attached hydrogen (secondary N) is 1. The van der Waals surface area contributed by atoms with E-state index in [4.69, 9.17) is 0 Å². The molecule has 0 aliphatic carbocycles. The maximum absolute atomic E-state index is 12.1. The van der Waals surface area contributed by atoms with E-state index in [0.717, 1.165) is 30.8 Å². The van der Waals surface area contributed by atoms with Crippen LogP contribution >= 0.6 is 11.3 Å². The van der Waals surface area contributed by atoms with E-state index in [-0.39, 0.29) is 24.5 Å². The summed E-state index contributed by atoms with van der Waals surface area (Å²) in [4.78, 5) is 27.3. The minimum absolute atomic E-state index is 0.0363. The van der Waals surface area contributed by atoms with Crippen molar-refractivity contribution >= 4 is 23.0 Å². The molecule has 1 aromatic carbocycles. The fourth-order valence-corrected chi connectivity index (χ4v) is 4.16. The van der Waals surface area contributed by atoms with Crippen LogP contribution < -0.4 is 5.32 Å². The number of ketones is 1. The summed E-state index contributed by atoms with van der Waals surface area (Å²) in [5, 5.41) is 4.91. The van der Waals surface area contributed by atoms with E-state index in [1.54, 1.807) is 0 Å². The minimum atomic E-state index is -0.0363. The normalized spacial score (nSPS) is 15.3. The topological polar surface area (TPSA) is 49.4 Å². The first-order chi connectivity index (χ1) is 12.7. The lowest BCUT2D eigenvalue weighted by Gasteiger charge is -2.35. The van der Waals surface area contributed by atoms with Crippen molar-refractivity contribution in [3.05, 3.63) is 57.8 Å². The van der Waals surface area contributed by atoms with Gasteiger partial charge in [-0.25, -0.2) is 0 Å². The molecule has 0 bridgehead atoms. The molecule has 1 atom stereocenters. The number of amides is 1. The molecular weight excluding hydrogens is 344 g/mol. The zero-order valence-corrected chi connectivity index (χ0v) is 16.1. The third kappa shape index (κ3) is 4.80. The molecule has 0 saturated carbocycles. The van der Waals surface area contributed by atoms with Crippen LogP contribution in [0, 0.1) is 0 Å². The average molecular weight is 371 g/mol. The number of benzene rings is 1. The molecule has 1 amide bonds. The number of fused-ring (bicyclic) bond motifs is 1. The van der Waals surface area contributed by atoms with Crippen LogP contribution in [0.25, 0.3) is 0 Å². The van der Waals surface area contributed by atoms with Crippen LogP contribution in [-0.4, -0.2) is 35.7 Å². The molecule has 0 saturated heterocycles. The molecule has 0 radical (unpaired) electrons. The monoisotopic (exact) mass is 370 g/mol. The summed E-state index contributed by atoms with van der Waals surface area (Å²) in [5.74, 6) is 0.0144. The standard InChI is InChI=1S/C21H26N2O2S/c1-2-18(23-12-11-16-6-3-4-7-17(16)15-23)14-22-21(25)10-9-19(24)20-8-5-13-26-20/h3-8,13,18H,2,9-12,14-15H2,1H3,(H,22,25). The van der Waals surface area contributed by atoms with Gasteiger partial charge in [0.15, 0.2) is 5.78 Å². The second-order valence-electron chi connectivity index (χ2n) is 6.76. The van der Waals surface area contributed by atoms with Crippen LogP contribution in [0.4, 0.5) is 0 Å². The van der Waals surface area contributed by atoms with E-state index in [0.29, 0.717) is 12.6 Å². The molecule has 0 spiro atoms. The number of hydrogen-bond donors (Lipinski definition) is 1. The summed E-state index contributed by atoms with van der Waals surface area (Å²) >= 11 is 1.43. The fourth-order valence-electron chi connectivity index (χ4n) is 3.47. The van der Waals surface area contributed by atoms with Gasteiger partial charge in [-0.3, -0.25) is 14.5 Å². The molecule has 2 aromatic rings. The Balaban J connectivity index is 1.45. The summed E-state index contributed by atoms with van der Waals surface area (Å²) in [6.07, 6.45) is 2.60. The van der Waals surface area contributed by atoms with Crippen LogP contribution in [0.3, 0.4) is 0 Å². The van der Waals surface area contributed by atoms with Crippen LogP contribution in [0.2, 0.25) is 0 Å². The average Bonchev–Trinajstić information content (AvgIpc) is 3.21. The molecule has 5 heteroatoms. The van der Waals surface area contributed by atoms with E-state index in [1.807, 2.05) is 17.5 Å². The molecule has 1 aliphatic heterocycles. The summed E-state index contributed by atoms with van der Waals surface area (Å²) < 4.78 is 0. The molecule has 1 N–H and O–H groups in total. The van der Waals surface area contributed by atoms with Gasteiger partial charge in [-0.1, -0.05) is 37.3 Å². The number of thiophene rings is 1. The molecule has 138 valence electrons. The molecule has 0 fully saturated rings. The zero-order chi connectivity index (χ0) is 18.4. The van der Waals surface area contributed by atoms with E-state index in [2.05, 4.69) is 41.4 Å². The zero-order valence-electron chi connectivity index (χ0n) is 15.2. The predicted octanol–water partition coefficient (Wildman–Crippen LogP) is 3.66. The molecule has 3 rings (SSSR count). The van der Waals surface area contributed by atoms with Crippen molar-refractivity contribution in [2.45, 2.75) is 45.2 Å². The first kappa shape index (κ1) is 18.8. The highest BCUT2D eigenvalue weighted by Gasteiger charge is 2.22. The lowest BCUT2D eigenvalue weighted by Crippen LogP contribution is -2.45. The van der Waals surface area contributed by atoms with E-state index in [1.165, 1.54) is 22.5 Å². The van der Waals surface area contributed by atoms with Gasteiger partial charge in [0.1, 0.15) is 0 Å². The molecule has 26 heavy (non-hydrogen) atoms. The molecular formula is C21H26N2O2S. The number of hydrogen-bond acceptors (Lipinski definition) is 4. The molecule has 1 aliphatic rings. The second-order valence-corrected chi connectivity index (χ2v) is 7.70. The third-order valence-corrected chi connectivity index (χ3v) is 5.97. The molecule has 1 unspecified atom stereocenters. The van der Waals surface area contributed by atoms with Gasteiger partial charge < -0.3 is 5.32 Å². The van der Waals surface area contributed by atoms with Gasteiger partial charge in [0.2, 0.25) is 5.91 Å². The maximum atomic E-state index is 12.1. The lowest BCUT2D eigenvalue weighted by atomic mass is 9.98. The summed E-state index contributed by atoms with van der Waals surface area (Å²) in [7, 11) is 0. The Morgan fingerprint density at radius 3 is 2.69 bits per heavy atom. The van der Waals surface area contributed by atoms with Gasteiger partial charge in [0.25, 0.3) is 0 Å². The Labute approximate surface area is 159 Å². The summed E-state index contributed by atoms with van der Waals surface area (Å²) in [6, 6.07) is 12.6. The van der Waals surface area contributed by atoms with Gasteiger partial charge in [0, 0.05) is 38.5 Å². The minimum Gasteiger partial charge on any atom is -0.355 e. The second kappa shape index (κ2) is 9.10. The predicted molar refractivity (Wildman–Crippen MR) is 106 cm³/mol. The highest BCUT2D eigenvalue weighted by molar-refractivity contribution is 7.12. The van der Waals surface area contributed by atoms with Crippen molar-refractivity contribution < 1.29 is 9.59 Å². The Kier molecular flexibility index (Phi) is 6.58. The van der Waals surface area contributed by atoms with Crippen LogP contribution in [0.5, 0.6) is 0 Å². The fraction of sp³-hybridized carbons (Fsp3) is 0.429. The third-order valence-electron chi connectivity index (χ3n) is 5.06. The number of rotatable bonds is 8. The SMILES string of the molecule is CCC(CNC(=O)CCC(=O)c1cccs1)N1CCc2ccccc2C1. The van der Waals surface area contributed by atoms with Crippen molar-refractivity contribution in [2.24, 2.45) is 0 Å². The summed E-state index contributed by atoms with van der Waals surface area (Å²) in [6.45, 7) is 4.78. The van der Waals surface area contributed by atoms with Crippen LogP contribution in [-0.2, 0) is 17.8 Å².